The molecular formula is C12H23N3O2. The van der Waals surface area contributed by atoms with Crippen molar-refractivity contribution in [2.24, 2.45) is 5.84 Å². The van der Waals surface area contributed by atoms with Gasteiger partial charge in [-0.15, -0.1) is 0 Å². The highest BCUT2D eigenvalue weighted by Crippen LogP contribution is 2.25. The van der Waals surface area contributed by atoms with E-state index in [-0.39, 0.29) is 18.1 Å². The molecule has 0 aromatic heterocycles. The van der Waals surface area contributed by atoms with Gasteiger partial charge in [-0.3, -0.25) is 15.1 Å². The molecule has 0 radical (unpaired) electrons. The number of nitrogens with zero attached hydrogens (tertiary/aromatic N) is 1. The number of carbonyl (C=O) groups excluding carboxylic acids is 1. The van der Waals surface area contributed by atoms with Gasteiger partial charge in [0.25, 0.3) is 5.91 Å². The van der Waals surface area contributed by atoms with Gasteiger partial charge in [-0.1, -0.05) is 6.92 Å². The van der Waals surface area contributed by atoms with Gasteiger partial charge in [-0.05, 0) is 38.6 Å². The standard InChI is InChI=1S/C12H23N3O2/c1-2-9-4-3-7-15(9)8-10-5-6-11(17-10)12(16)14-13/h9-11H,2-8,13H2,1H3,(H,14,16). The molecule has 0 spiro atoms. The van der Waals surface area contributed by atoms with Crippen LogP contribution in [0.1, 0.15) is 39.0 Å². The highest BCUT2D eigenvalue weighted by Gasteiger charge is 2.33. The van der Waals surface area contributed by atoms with Crippen molar-refractivity contribution in [2.45, 2.75) is 57.3 Å². The molecule has 5 nitrogen and oxygen atoms in total. The fourth-order valence-electron chi connectivity index (χ4n) is 2.99. The van der Waals surface area contributed by atoms with Crippen molar-refractivity contribution in [3.05, 3.63) is 0 Å². The Morgan fingerprint density at radius 2 is 2.29 bits per heavy atom. The summed E-state index contributed by atoms with van der Waals surface area (Å²) in [5.74, 6) is 4.92. The van der Waals surface area contributed by atoms with Crippen LogP contribution in [0.15, 0.2) is 0 Å². The number of likely N-dealkylation sites (tertiary alicyclic amines) is 1. The third-order valence-electron chi connectivity index (χ3n) is 3.95. The molecule has 2 aliphatic rings. The Bertz CT molecular complexity index is 272. The SMILES string of the molecule is CCC1CCCN1CC1CCC(C(=O)NN)O1. The number of nitrogens with one attached hydrogen (secondary N) is 1. The van der Waals surface area contributed by atoms with Crippen LogP contribution in [0, 0.1) is 0 Å². The molecule has 2 heterocycles. The molecule has 3 atom stereocenters. The zero-order valence-electron chi connectivity index (χ0n) is 10.5. The highest BCUT2D eigenvalue weighted by molar-refractivity contribution is 5.80. The molecule has 17 heavy (non-hydrogen) atoms. The summed E-state index contributed by atoms with van der Waals surface area (Å²) < 4.78 is 5.74. The lowest BCUT2D eigenvalue weighted by molar-refractivity contribution is -0.132. The van der Waals surface area contributed by atoms with Crippen molar-refractivity contribution in [3.63, 3.8) is 0 Å². The average molecular weight is 241 g/mol. The first-order chi connectivity index (χ1) is 8.24. The average Bonchev–Trinajstić information content (AvgIpc) is 2.97. The number of amides is 1. The lowest BCUT2D eigenvalue weighted by Gasteiger charge is -2.26. The Balaban J connectivity index is 1.79. The zero-order chi connectivity index (χ0) is 12.3. The Morgan fingerprint density at radius 3 is 3.00 bits per heavy atom. The molecule has 3 unspecified atom stereocenters. The van der Waals surface area contributed by atoms with Crippen LogP contribution in [0.5, 0.6) is 0 Å². The first-order valence-corrected chi connectivity index (χ1v) is 6.64. The summed E-state index contributed by atoms with van der Waals surface area (Å²) in [7, 11) is 0. The third-order valence-corrected chi connectivity index (χ3v) is 3.95. The summed E-state index contributed by atoms with van der Waals surface area (Å²) in [5, 5.41) is 0. The quantitative estimate of drug-likeness (QED) is 0.425. The molecule has 2 saturated heterocycles. The van der Waals surface area contributed by atoms with Crippen LogP contribution >= 0.6 is 0 Å². The molecule has 3 N–H and O–H groups in total. The number of ether oxygens (including phenoxy) is 1. The van der Waals surface area contributed by atoms with Gasteiger partial charge < -0.3 is 4.74 Å². The van der Waals surface area contributed by atoms with E-state index < -0.39 is 0 Å². The lowest BCUT2D eigenvalue weighted by Crippen LogP contribution is -2.40. The van der Waals surface area contributed by atoms with Crippen molar-refractivity contribution in [1.29, 1.82) is 0 Å². The molecule has 2 aliphatic heterocycles. The maximum atomic E-state index is 11.3. The number of hydrazine groups is 1. The summed E-state index contributed by atoms with van der Waals surface area (Å²) in [6, 6.07) is 0.709. The van der Waals surface area contributed by atoms with E-state index in [4.69, 9.17) is 10.6 Å². The fraction of sp³-hybridized carbons (Fsp3) is 0.917. The maximum Gasteiger partial charge on any atom is 0.263 e. The highest BCUT2D eigenvalue weighted by atomic mass is 16.5. The molecule has 0 aromatic carbocycles. The van der Waals surface area contributed by atoms with Crippen LogP contribution in [-0.4, -0.2) is 42.1 Å². The predicted molar refractivity (Wildman–Crippen MR) is 65.1 cm³/mol. The minimum Gasteiger partial charge on any atom is -0.364 e. The largest absolute Gasteiger partial charge is 0.364 e. The van der Waals surface area contributed by atoms with Crippen LogP contribution in [0.2, 0.25) is 0 Å². The Labute approximate surface area is 103 Å². The van der Waals surface area contributed by atoms with Gasteiger partial charge in [0.05, 0.1) is 6.10 Å². The topological polar surface area (TPSA) is 67.6 Å². The van der Waals surface area contributed by atoms with Crippen LogP contribution in [-0.2, 0) is 9.53 Å². The molecule has 5 heteroatoms. The van der Waals surface area contributed by atoms with Gasteiger partial charge in [0.1, 0.15) is 6.10 Å². The molecule has 0 bridgehead atoms. The normalized spacial score (nSPS) is 34.1. The van der Waals surface area contributed by atoms with E-state index >= 15 is 0 Å². The summed E-state index contributed by atoms with van der Waals surface area (Å²) in [6.45, 7) is 4.38. The van der Waals surface area contributed by atoms with Crippen LogP contribution in [0.4, 0.5) is 0 Å². The van der Waals surface area contributed by atoms with E-state index in [9.17, 15) is 4.79 Å². The molecular weight excluding hydrogens is 218 g/mol. The zero-order valence-corrected chi connectivity index (χ0v) is 10.5. The van der Waals surface area contributed by atoms with Gasteiger partial charge in [-0.25, -0.2) is 5.84 Å². The van der Waals surface area contributed by atoms with Crippen molar-refractivity contribution < 1.29 is 9.53 Å². The second-order valence-electron chi connectivity index (χ2n) is 5.03. The van der Waals surface area contributed by atoms with E-state index in [1.807, 2.05) is 0 Å². The van der Waals surface area contributed by atoms with Crippen molar-refractivity contribution >= 4 is 5.91 Å². The molecule has 0 aliphatic carbocycles. The maximum absolute atomic E-state index is 11.3. The number of rotatable bonds is 4. The summed E-state index contributed by atoms with van der Waals surface area (Å²) in [6.07, 6.45) is 5.41. The smallest absolute Gasteiger partial charge is 0.263 e. The number of hydrogen-bond acceptors (Lipinski definition) is 4. The molecule has 0 aromatic rings. The molecule has 2 fully saturated rings. The van der Waals surface area contributed by atoms with Crippen molar-refractivity contribution in [3.8, 4) is 0 Å². The monoisotopic (exact) mass is 241 g/mol. The number of hydrogen-bond donors (Lipinski definition) is 2. The molecule has 1 amide bonds. The minimum absolute atomic E-state index is 0.194. The third kappa shape index (κ3) is 2.97. The Kier molecular flexibility index (Phi) is 4.36. The van der Waals surface area contributed by atoms with Crippen molar-refractivity contribution in [2.75, 3.05) is 13.1 Å². The van der Waals surface area contributed by atoms with Crippen LogP contribution in [0.3, 0.4) is 0 Å². The summed E-state index contributed by atoms with van der Waals surface area (Å²) >= 11 is 0. The summed E-state index contributed by atoms with van der Waals surface area (Å²) in [5.41, 5.74) is 2.16. The van der Waals surface area contributed by atoms with E-state index in [2.05, 4.69) is 17.2 Å². The Hall–Kier alpha value is -0.650. The predicted octanol–water partition coefficient (Wildman–Crippen LogP) is 0.398. The van der Waals surface area contributed by atoms with E-state index in [1.165, 1.54) is 25.8 Å². The first-order valence-electron chi connectivity index (χ1n) is 6.64. The van der Waals surface area contributed by atoms with Crippen molar-refractivity contribution in [1.82, 2.24) is 10.3 Å². The van der Waals surface area contributed by atoms with Crippen LogP contribution in [0.25, 0.3) is 0 Å². The fourth-order valence-corrected chi connectivity index (χ4v) is 2.99. The summed E-state index contributed by atoms with van der Waals surface area (Å²) in [4.78, 5) is 13.8. The number of carbonyl (C=O) groups is 1. The lowest BCUT2D eigenvalue weighted by atomic mass is 10.1. The second-order valence-corrected chi connectivity index (χ2v) is 5.03. The van der Waals surface area contributed by atoms with Crippen LogP contribution < -0.4 is 11.3 Å². The van der Waals surface area contributed by atoms with E-state index in [1.54, 1.807) is 0 Å². The second kappa shape index (κ2) is 5.80. The Morgan fingerprint density at radius 1 is 1.47 bits per heavy atom. The van der Waals surface area contributed by atoms with Gasteiger partial charge >= 0.3 is 0 Å². The van der Waals surface area contributed by atoms with E-state index in [0.717, 1.165) is 19.4 Å². The van der Waals surface area contributed by atoms with E-state index in [0.29, 0.717) is 6.04 Å². The van der Waals surface area contributed by atoms with Gasteiger partial charge in [-0.2, -0.15) is 0 Å². The molecule has 2 rings (SSSR count). The first kappa shape index (κ1) is 12.8. The molecule has 98 valence electrons. The van der Waals surface area contributed by atoms with Gasteiger partial charge in [0, 0.05) is 12.6 Å². The number of nitrogens with two attached hydrogens (primary N) is 1. The van der Waals surface area contributed by atoms with Gasteiger partial charge in [0.15, 0.2) is 0 Å². The van der Waals surface area contributed by atoms with Gasteiger partial charge in [0.2, 0.25) is 0 Å². The minimum atomic E-state index is -0.340. The molecule has 0 saturated carbocycles.